The normalized spacial score (nSPS) is 26.7. The van der Waals surface area contributed by atoms with Crippen LogP contribution >= 0.6 is 0 Å². The fraction of sp³-hybridized carbons (Fsp3) is 0.906. The Morgan fingerprint density at radius 1 is 0.522 bits per heavy atom. The van der Waals surface area contributed by atoms with Crippen LogP contribution in [0.4, 0.5) is 0 Å². The van der Waals surface area contributed by atoms with Gasteiger partial charge in [0, 0.05) is 6.42 Å². The second-order valence-electron chi connectivity index (χ2n) is 19.4. The van der Waals surface area contributed by atoms with Gasteiger partial charge in [0.1, 0.15) is 48.8 Å². The standard InChI is InChI=1S/C53H99NO13/c1-3-5-7-9-11-13-15-16-17-18-19-20-21-22-23-24-25-27-29-31-33-35-37-45(58)54-41(42(57)36-34-32-30-28-26-14-12-10-8-6-4-2)40-64-52-50(63)48(61)51(44(39-56)66-52)67-53-49(62)47(60)46(59)43(38-55)65-53/h26,28,34,36,41-44,46-53,55-57,59-63H,3-25,27,29-33,35,37-40H2,1-2H3,(H,54,58)/b28-26+,36-34+. The molecule has 0 aliphatic carbocycles. The number of amides is 1. The maximum absolute atomic E-state index is 13.2. The van der Waals surface area contributed by atoms with Gasteiger partial charge < -0.3 is 65.1 Å². The number of carbonyl (C=O) groups is 1. The van der Waals surface area contributed by atoms with Gasteiger partial charge in [-0.3, -0.25) is 4.79 Å². The molecule has 14 nitrogen and oxygen atoms in total. The van der Waals surface area contributed by atoms with Crippen LogP contribution in [0.3, 0.4) is 0 Å². The third-order valence-electron chi connectivity index (χ3n) is 13.4. The third kappa shape index (κ3) is 27.0. The second kappa shape index (κ2) is 40.1. The minimum Gasteiger partial charge on any atom is -0.394 e. The summed E-state index contributed by atoms with van der Waals surface area (Å²) in [6.07, 6.45) is 28.1. The first-order chi connectivity index (χ1) is 32.6. The number of hydrogen-bond acceptors (Lipinski definition) is 13. The van der Waals surface area contributed by atoms with E-state index < -0.39 is 86.8 Å². The largest absolute Gasteiger partial charge is 0.394 e. The second-order valence-corrected chi connectivity index (χ2v) is 19.4. The Kier molecular flexibility index (Phi) is 36.9. The quantitative estimate of drug-likeness (QED) is 0.0211. The van der Waals surface area contributed by atoms with Crippen molar-refractivity contribution in [2.24, 2.45) is 0 Å². The molecule has 0 aromatic rings. The number of hydrogen-bond donors (Lipinski definition) is 9. The van der Waals surface area contributed by atoms with Crippen molar-refractivity contribution in [2.75, 3.05) is 19.8 Å². The van der Waals surface area contributed by atoms with E-state index in [1.165, 1.54) is 148 Å². The summed E-state index contributed by atoms with van der Waals surface area (Å²) >= 11 is 0. The molecule has 9 N–H and O–H groups in total. The fourth-order valence-corrected chi connectivity index (χ4v) is 8.95. The van der Waals surface area contributed by atoms with E-state index in [0.29, 0.717) is 12.8 Å². The highest BCUT2D eigenvalue weighted by Gasteiger charge is 2.51. The van der Waals surface area contributed by atoms with Crippen LogP contribution in [-0.4, -0.2) is 140 Å². The van der Waals surface area contributed by atoms with Gasteiger partial charge in [-0.25, -0.2) is 0 Å². The maximum atomic E-state index is 13.2. The van der Waals surface area contributed by atoms with Gasteiger partial charge in [-0.2, -0.15) is 0 Å². The Bertz CT molecular complexity index is 1220. The molecule has 2 saturated heterocycles. The van der Waals surface area contributed by atoms with E-state index in [1.54, 1.807) is 6.08 Å². The molecule has 67 heavy (non-hydrogen) atoms. The Morgan fingerprint density at radius 2 is 0.955 bits per heavy atom. The zero-order valence-corrected chi connectivity index (χ0v) is 41.9. The summed E-state index contributed by atoms with van der Waals surface area (Å²) in [5.41, 5.74) is 0. The Labute approximate surface area is 405 Å². The topological polar surface area (TPSA) is 228 Å². The van der Waals surface area contributed by atoms with E-state index in [0.717, 1.165) is 32.1 Å². The molecular formula is C53H99NO13. The third-order valence-corrected chi connectivity index (χ3v) is 13.4. The summed E-state index contributed by atoms with van der Waals surface area (Å²) in [5.74, 6) is -0.248. The number of nitrogens with one attached hydrogen (secondary N) is 1. The highest BCUT2D eigenvalue weighted by atomic mass is 16.7. The number of rotatable bonds is 42. The smallest absolute Gasteiger partial charge is 0.220 e. The lowest BCUT2D eigenvalue weighted by molar-refractivity contribution is -0.359. The zero-order chi connectivity index (χ0) is 48.9. The number of unbranched alkanes of at least 4 members (excludes halogenated alkanes) is 27. The number of carbonyl (C=O) groups excluding carboxylic acids is 1. The SMILES string of the molecule is CCCCCCC/C=C/CC/C=C/C(O)C(COC1OC(CO)C(OC2OC(CO)C(O)C(O)C2O)C(O)C1O)NC(=O)CCCCCCCCCCCCCCCCCCCCCCCC. The molecule has 0 bridgehead atoms. The Balaban J connectivity index is 1.76. The van der Waals surface area contributed by atoms with Crippen molar-refractivity contribution in [1.82, 2.24) is 5.32 Å². The highest BCUT2D eigenvalue weighted by Crippen LogP contribution is 2.30. The number of ether oxygens (including phenoxy) is 4. The summed E-state index contributed by atoms with van der Waals surface area (Å²) in [6, 6.07) is -0.925. The molecule has 0 aromatic carbocycles. The van der Waals surface area contributed by atoms with Gasteiger partial charge >= 0.3 is 0 Å². The monoisotopic (exact) mass is 958 g/mol. The minimum absolute atomic E-state index is 0.248. The lowest BCUT2D eigenvalue weighted by atomic mass is 9.97. The van der Waals surface area contributed by atoms with Crippen molar-refractivity contribution in [2.45, 2.75) is 286 Å². The average Bonchev–Trinajstić information content (AvgIpc) is 3.32. The fourth-order valence-electron chi connectivity index (χ4n) is 8.95. The molecule has 0 radical (unpaired) electrons. The summed E-state index contributed by atoms with van der Waals surface area (Å²) in [7, 11) is 0. The molecule has 2 aliphatic rings. The Hall–Kier alpha value is -1.53. The van der Waals surface area contributed by atoms with Crippen molar-refractivity contribution in [3.63, 3.8) is 0 Å². The van der Waals surface area contributed by atoms with Crippen molar-refractivity contribution in [3.05, 3.63) is 24.3 Å². The van der Waals surface area contributed by atoms with Crippen molar-refractivity contribution >= 4 is 5.91 Å². The molecule has 14 heteroatoms. The van der Waals surface area contributed by atoms with Gasteiger partial charge in [-0.15, -0.1) is 0 Å². The molecule has 2 aliphatic heterocycles. The van der Waals surface area contributed by atoms with Crippen molar-refractivity contribution in [3.8, 4) is 0 Å². The van der Waals surface area contributed by atoms with Crippen LogP contribution in [-0.2, 0) is 23.7 Å². The van der Waals surface area contributed by atoms with Gasteiger partial charge in [0.25, 0.3) is 0 Å². The van der Waals surface area contributed by atoms with Crippen LogP contribution in [0.25, 0.3) is 0 Å². The van der Waals surface area contributed by atoms with Crippen LogP contribution in [0.5, 0.6) is 0 Å². The van der Waals surface area contributed by atoms with Crippen LogP contribution in [0, 0.1) is 0 Å². The molecule has 1 amide bonds. The van der Waals surface area contributed by atoms with Gasteiger partial charge in [-0.05, 0) is 32.1 Å². The van der Waals surface area contributed by atoms with E-state index in [1.807, 2.05) is 6.08 Å². The molecule has 12 unspecified atom stereocenters. The highest BCUT2D eigenvalue weighted by molar-refractivity contribution is 5.76. The number of aliphatic hydroxyl groups is 8. The van der Waals surface area contributed by atoms with Gasteiger partial charge in [0.05, 0.1) is 32.0 Å². The van der Waals surface area contributed by atoms with E-state index in [9.17, 15) is 45.6 Å². The molecule has 0 saturated carbocycles. The van der Waals surface area contributed by atoms with Gasteiger partial charge in [-0.1, -0.05) is 199 Å². The lowest BCUT2D eigenvalue weighted by Gasteiger charge is -2.46. The summed E-state index contributed by atoms with van der Waals surface area (Å²) in [5, 5.41) is 86.7. The molecule has 12 atom stereocenters. The van der Waals surface area contributed by atoms with Crippen LogP contribution in [0.2, 0.25) is 0 Å². The van der Waals surface area contributed by atoms with Gasteiger partial charge in [0.2, 0.25) is 5.91 Å². The van der Waals surface area contributed by atoms with Crippen LogP contribution < -0.4 is 5.32 Å². The summed E-state index contributed by atoms with van der Waals surface area (Å²) in [4.78, 5) is 13.2. The summed E-state index contributed by atoms with van der Waals surface area (Å²) in [6.45, 7) is 2.75. The predicted molar refractivity (Wildman–Crippen MR) is 263 cm³/mol. The van der Waals surface area contributed by atoms with Crippen molar-refractivity contribution in [1.29, 1.82) is 0 Å². The van der Waals surface area contributed by atoms with E-state index >= 15 is 0 Å². The molecular weight excluding hydrogens is 859 g/mol. The minimum atomic E-state index is -1.79. The average molecular weight is 958 g/mol. The first-order valence-corrected chi connectivity index (χ1v) is 27.1. The lowest BCUT2D eigenvalue weighted by Crippen LogP contribution is -2.65. The molecule has 0 spiro atoms. The van der Waals surface area contributed by atoms with E-state index in [2.05, 4.69) is 31.3 Å². The number of aliphatic hydroxyl groups excluding tert-OH is 8. The molecule has 2 heterocycles. The predicted octanol–water partition coefficient (Wildman–Crippen LogP) is 7.72. The molecule has 394 valence electrons. The first-order valence-electron chi connectivity index (χ1n) is 27.1. The maximum Gasteiger partial charge on any atom is 0.220 e. The molecule has 0 aromatic heterocycles. The zero-order valence-electron chi connectivity index (χ0n) is 41.9. The summed E-state index contributed by atoms with van der Waals surface area (Å²) < 4.78 is 22.7. The first kappa shape index (κ1) is 61.6. The number of allylic oxidation sites excluding steroid dienone is 3. The van der Waals surface area contributed by atoms with Crippen LogP contribution in [0.1, 0.15) is 213 Å². The van der Waals surface area contributed by atoms with Gasteiger partial charge in [0.15, 0.2) is 12.6 Å². The molecule has 2 fully saturated rings. The Morgan fingerprint density at radius 3 is 1.46 bits per heavy atom. The van der Waals surface area contributed by atoms with Crippen LogP contribution in [0.15, 0.2) is 24.3 Å². The van der Waals surface area contributed by atoms with E-state index in [4.69, 9.17) is 18.9 Å². The van der Waals surface area contributed by atoms with Crippen molar-refractivity contribution < 1.29 is 64.6 Å². The van der Waals surface area contributed by atoms with E-state index in [-0.39, 0.29) is 18.9 Å². The molecule has 2 rings (SSSR count).